The summed E-state index contributed by atoms with van der Waals surface area (Å²) in [7, 11) is 0. The maximum absolute atomic E-state index is 8.89. The van der Waals surface area contributed by atoms with Crippen LogP contribution in [-0.4, -0.2) is 23.0 Å². The molecule has 0 radical (unpaired) electrons. The van der Waals surface area contributed by atoms with Crippen molar-refractivity contribution in [1.29, 1.82) is 5.26 Å². The average molecular weight is 221 g/mol. The zero-order valence-corrected chi connectivity index (χ0v) is 9.84. The molecule has 0 amide bonds. The topological polar surface area (TPSA) is 48.7 Å². The van der Waals surface area contributed by atoms with Gasteiger partial charge in [0.25, 0.3) is 0 Å². The van der Waals surface area contributed by atoms with Crippen molar-refractivity contribution < 1.29 is 0 Å². The van der Waals surface area contributed by atoms with E-state index in [1.54, 1.807) is 18.5 Å². The molecule has 0 bridgehead atoms. The van der Waals surface area contributed by atoms with Gasteiger partial charge in [-0.2, -0.15) is 17.0 Å². The van der Waals surface area contributed by atoms with Crippen LogP contribution in [0.4, 0.5) is 5.69 Å². The fourth-order valence-corrected chi connectivity index (χ4v) is 1.83. The lowest BCUT2D eigenvalue weighted by Gasteiger charge is -2.14. The zero-order valence-electron chi connectivity index (χ0n) is 9.03. The molecule has 1 N–H and O–H groups in total. The number of thioether (sulfide) groups is 1. The first-order valence-electron chi connectivity index (χ1n) is 4.87. The van der Waals surface area contributed by atoms with Gasteiger partial charge in [-0.05, 0) is 31.4 Å². The molecule has 1 rings (SSSR count). The van der Waals surface area contributed by atoms with E-state index in [4.69, 9.17) is 5.26 Å². The molecule has 0 saturated carbocycles. The highest BCUT2D eigenvalue weighted by atomic mass is 32.2. The number of nitriles is 1. The maximum atomic E-state index is 8.89. The second-order valence-electron chi connectivity index (χ2n) is 3.36. The fourth-order valence-electron chi connectivity index (χ4n) is 1.24. The van der Waals surface area contributed by atoms with Gasteiger partial charge < -0.3 is 5.32 Å². The molecule has 0 aliphatic heterocycles. The summed E-state index contributed by atoms with van der Waals surface area (Å²) in [5.41, 5.74) is 1.48. The van der Waals surface area contributed by atoms with Gasteiger partial charge in [0.2, 0.25) is 0 Å². The minimum atomic E-state index is 0.369. The summed E-state index contributed by atoms with van der Waals surface area (Å²) in [5.74, 6) is 1.12. The van der Waals surface area contributed by atoms with Crippen LogP contribution in [0.1, 0.15) is 18.9 Å². The number of aromatic nitrogens is 1. The zero-order chi connectivity index (χ0) is 11.1. The Hall–Kier alpha value is -1.21. The van der Waals surface area contributed by atoms with E-state index in [0.717, 1.165) is 17.9 Å². The normalized spacial score (nSPS) is 11.8. The van der Waals surface area contributed by atoms with Crippen LogP contribution < -0.4 is 5.32 Å². The van der Waals surface area contributed by atoms with Gasteiger partial charge >= 0.3 is 0 Å². The first-order chi connectivity index (χ1) is 7.27. The van der Waals surface area contributed by atoms with Gasteiger partial charge in [-0.3, -0.25) is 4.98 Å². The van der Waals surface area contributed by atoms with E-state index in [2.05, 4.69) is 29.5 Å². The summed E-state index contributed by atoms with van der Waals surface area (Å²) >= 11 is 1.83. The fraction of sp³-hybridized carbons (Fsp3) is 0.455. The third-order valence-electron chi connectivity index (χ3n) is 2.10. The smallest absolute Gasteiger partial charge is 0.101 e. The van der Waals surface area contributed by atoms with Crippen molar-refractivity contribution in [3.05, 3.63) is 24.0 Å². The van der Waals surface area contributed by atoms with Crippen LogP contribution in [0, 0.1) is 11.3 Å². The number of anilines is 1. The van der Waals surface area contributed by atoms with Crippen LogP contribution in [0.2, 0.25) is 0 Å². The second-order valence-corrected chi connectivity index (χ2v) is 4.35. The van der Waals surface area contributed by atoms with Crippen LogP contribution in [0.3, 0.4) is 0 Å². The number of pyridine rings is 1. The molecule has 0 aliphatic carbocycles. The Labute approximate surface area is 94.9 Å². The van der Waals surface area contributed by atoms with Crippen molar-refractivity contribution in [3.8, 4) is 6.07 Å². The predicted octanol–water partition coefficient (Wildman–Crippen LogP) is 2.51. The van der Waals surface area contributed by atoms with E-state index >= 15 is 0 Å². The van der Waals surface area contributed by atoms with Crippen molar-refractivity contribution in [3.63, 3.8) is 0 Å². The summed E-state index contributed by atoms with van der Waals surface area (Å²) in [6.07, 6.45) is 6.52. The number of hydrogen-bond acceptors (Lipinski definition) is 4. The SMILES string of the molecule is CSCCC(C)Nc1cnccc1C#N. The molecular weight excluding hydrogens is 206 g/mol. The van der Waals surface area contributed by atoms with Gasteiger partial charge in [-0.1, -0.05) is 0 Å². The van der Waals surface area contributed by atoms with Crippen LogP contribution in [0.5, 0.6) is 0 Å². The molecule has 1 aromatic rings. The van der Waals surface area contributed by atoms with E-state index in [9.17, 15) is 0 Å². The number of nitrogens with zero attached hydrogens (tertiary/aromatic N) is 2. The molecule has 15 heavy (non-hydrogen) atoms. The van der Waals surface area contributed by atoms with E-state index in [0.29, 0.717) is 11.6 Å². The van der Waals surface area contributed by atoms with Gasteiger partial charge in [-0.25, -0.2) is 0 Å². The van der Waals surface area contributed by atoms with Crippen molar-refractivity contribution in [1.82, 2.24) is 4.98 Å². The highest BCUT2D eigenvalue weighted by molar-refractivity contribution is 7.98. The number of hydrogen-bond donors (Lipinski definition) is 1. The van der Waals surface area contributed by atoms with E-state index in [-0.39, 0.29) is 0 Å². The molecule has 4 heteroatoms. The maximum Gasteiger partial charge on any atom is 0.101 e. The first-order valence-corrected chi connectivity index (χ1v) is 6.27. The lowest BCUT2D eigenvalue weighted by molar-refractivity contribution is 0.771. The lowest BCUT2D eigenvalue weighted by Crippen LogP contribution is -2.16. The molecule has 1 aromatic heterocycles. The Morgan fingerprint density at radius 3 is 3.13 bits per heavy atom. The molecule has 1 atom stereocenters. The minimum absolute atomic E-state index is 0.369. The Kier molecular flexibility index (Phi) is 4.99. The summed E-state index contributed by atoms with van der Waals surface area (Å²) in [6.45, 7) is 2.12. The Morgan fingerprint density at radius 1 is 1.67 bits per heavy atom. The van der Waals surface area contributed by atoms with E-state index in [1.807, 2.05) is 11.8 Å². The van der Waals surface area contributed by atoms with Crippen LogP contribution >= 0.6 is 11.8 Å². The Bertz CT molecular complexity index is 346. The minimum Gasteiger partial charge on any atom is -0.380 e. The molecular formula is C11H15N3S. The third kappa shape index (κ3) is 3.80. The predicted molar refractivity (Wildman–Crippen MR) is 65.0 cm³/mol. The van der Waals surface area contributed by atoms with E-state index in [1.165, 1.54) is 0 Å². The van der Waals surface area contributed by atoms with Crippen LogP contribution in [-0.2, 0) is 0 Å². The summed E-state index contributed by atoms with van der Waals surface area (Å²) < 4.78 is 0. The van der Waals surface area contributed by atoms with Crippen LogP contribution in [0.25, 0.3) is 0 Å². The highest BCUT2D eigenvalue weighted by Crippen LogP contribution is 2.14. The molecule has 0 spiro atoms. The number of nitrogens with one attached hydrogen (secondary N) is 1. The molecule has 1 unspecified atom stereocenters. The van der Waals surface area contributed by atoms with Gasteiger partial charge in [0, 0.05) is 12.2 Å². The summed E-state index contributed by atoms with van der Waals surface area (Å²) in [5, 5.41) is 12.2. The largest absolute Gasteiger partial charge is 0.380 e. The molecule has 0 aliphatic rings. The molecule has 0 saturated heterocycles. The van der Waals surface area contributed by atoms with E-state index < -0.39 is 0 Å². The van der Waals surface area contributed by atoms with Crippen molar-refractivity contribution in [2.24, 2.45) is 0 Å². The van der Waals surface area contributed by atoms with Crippen molar-refractivity contribution in [2.75, 3.05) is 17.3 Å². The van der Waals surface area contributed by atoms with Crippen molar-refractivity contribution in [2.45, 2.75) is 19.4 Å². The lowest BCUT2D eigenvalue weighted by atomic mass is 10.2. The number of rotatable bonds is 5. The quantitative estimate of drug-likeness (QED) is 0.830. The van der Waals surface area contributed by atoms with Crippen molar-refractivity contribution >= 4 is 17.4 Å². The Morgan fingerprint density at radius 2 is 2.47 bits per heavy atom. The highest BCUT2D eigenvalue weighted by Gasteiger charge is 2.05. The van der Waals surface area contributed by atoms with Gasteiger partial charge in [0.1, 0.15) is 6.07 Å². The molecule has 1 heterocycles. The third-order valence-corrected chi connectivity index (χ3v) is 2.74. The summed E-state index contributed by atoms with van der Waals surface area (Å²) in [6, 6.07) is 4.24. The van der Waals surface area contributed by atoms with Crippen LogP contribution in [0.15, 0.2) is 18.5 Å². The Balaban J connectivity index is 2.60. The molecule has 3 nitrogen and oxygen atoms in total. The molecule has 0 fully saturated rings. The van der Waals surface area contributed by atoms with Gasteiger partial charge in [0.05, 0.1) is 17.4 Å². The van der Waals surface area contributed by atoms with Gasteiger partial charge in [-0.15, -0.1) is 0 Å². The van der Waals surface area contributed by atoms with Gasteiger partial charge in [0.15, 0.2) is 0 Å². The summed E-state index contributed by atoms with van der Waals surface area (Å²) in [4.78, 5) is 4.01. The average Bonchev–Trinajstić information content (AvgIpc) is 2.27. The molecule has 0 aromatic carbocycles. The molecule has 80 valence electrons. The first kappa shape index (κ1) is 11.9. The standard InChI is InChI=1S/C11H15N3S/c1-9(4-6-15-2)14-11-8-13-5-3-10(11)7-12/h3,5,8-9,14H,4,6H2,1-2H3. The monoisotopic (exact) mass is 221 g/mol. The second kappa shape index (κ2) is 6.31.